The zero-order valence-corrected chi connectivity index (χ0v) is 15.7. The van der Waals surface area contributed by atoms with Crippen molar-refractivity contribution in [1.29, 1.82) is 0 Å². The van der Waals surface area contributed by atoms with E-state index in [0.29, 0.717) is 0 Å². The number of hydrogen-bond donors (Lipinski definition) is 1. The van der Waals surface area contributed by atoms with Gasteiger partial charge in [-0.15, -0.1) is 0 Å². The Morgan fingerprint density at radius 3 is 2.42 bits per heavy atom. The molecule has 26 heavy (non-hydrogen) atoms. The molecule has 1 saturated heterocycles. The first-order chi connectivity index (χ1) is 12.7. The molecule has 138 valence electrons. The molecule has 1 heterocycles. The molecule has 2 aromatic rings. The van der Waals surface area contributed by atoms with Crippen molar-refractivity contribution in [2.45, 2.75) is 45.2 Å². The molecule has 2 aromatic carbocycles. The minimum Gasteiger partial charge on any atom is -0.353 e. The van der Waals surface area contributed by atoms with Crippen molar-refractivity contribution in [1.82, 2.24) is 10.2 Å². The Bertz CT molecular complexity index is 671. The second-order valence-corrected chi connectivity index (χ2v) is 7.49. The average Bonchev–Trinajstić information content (AvgIpc) is 2.68. The van der Waals surface area contributed by atoms with E-state index in [0.717, 1.165) is 45.3 Å². The Morgan fingerprint density at radius 1 is 1.08 bits per heavy atom. The molecule has 1 aliphatic rings. The van der Waals surface area contributed by atoms with Gasteiger partial charge in [0.05, 0.1) is 5.92 Å². The molecule has 1 aliphatic heterocycles. The largest absolute Gasteiger partial charge is 0.353 e. The molecule has 0 aliphatic carbocycles. The van der Waals surface area contributed by atoms with E-state index in [1.54, 1.807) is 0 Å². The molecule has 0 spiro atoms. The van der Waals surface area contributed by atoms with Crippen LogP contribution in [0, 0.1) is 5.92 Å². The normalized spacial score (nSPS) is 19.0. The molecule has 3 nitrogen and oxygen atoms in total. The molecule has 0 aromatic heterocycles. The summed E-state index contributed by atoms with van der Waals surface area (Å²) >= 11 is 0. The van der Waals surface area contributed by atoms with Gasteiger partial charge in [0.2, 0.25) is 5.91 Å². The highest BCUT2D eigenvalue weighted by Gasteiger charge is 2.26. The SMILES string of the molecule is C[C@@H](CCc1ccccc1)NC(=O)[C@@H]1CCCN(Cc2ccccc2)C1. The first kappa shape index (κ1) is 18.7. The van der Waals surface area contributed by atoms with Crippen molar-refractivity contribution in [3.63, 3.8) is 0 Å². The summed E-state index contributed by atoms with van der Waals surface area (Å²) in [5, 5.41) is 3.24. The standard InChI is InChI=1S/C23H30N2O/c1-19(14-15-20-9-4-2-5-10-20)24-23(26)22-13-8-16-25(18-22)17-21-11-6-3-7-12-21/h2-7,9-12,19,22H,8,13-18H2,1H3,(H,24,26)/t19-,22+/m0/s1. The van der Waals surface area contributed by atoms with E-state index in [9.17, 15) is 4.79 Å². The number of aryl methyl sites for hydroxylation is 1. The van der Waals surface area contributed by atoms with Crippen LogP contribution < -0.4 is 5.32 Å². The number of nitrogens with zero attached hydrogens (tertiary/aromatic N) is 1. The number of carbonyl (C=O) groups is 1. The number of carbonyl (C=O) groups excluding carboxylic acids is 1. The van der Waals surface area contributed by atoms with Crippen LogP contribution in [0.2, 0.25) is 0 Å². The fraction of sp³-hybridized carbons (Fsp3) is 0.435. The van der Waals surface area contributed by atoms with Crippen molar-refractivity contribution in [2.75, 3.05) is 13.1 Å². The maximum atomic E-state index is 12.7. The predicted molar refractivity (Wildman–Crippen MR) is 107 cm³/mol. The fourth-order valence-corrected chi connectivity index (χ4v) is 3.72. The molecule has 0 unspecified atom stereocenters. The van der Waals surface area contributed by atoms with Gasteiger partial charge in [0, 0.05) is 19.1 Å². The van der Waals surface area contributed by atoms with Gasteiger partial charge in [0.25, 0.3) is 0 Å². The Morgan fingerprint density at radius 2 is 1.73 bits per heavy atom. The van der Waals surface area contributed by atoms with E-state index in [1.165, 1.54) is 11.1 Å². The Labute approximate surface area is 157 Å². The van der Waals surface area contributed by atoms with Crippen molar-refractivity contribution in [2.24, 2.45) is 5.92 Å². The number of amides is 1. The minimum absolute atomic E-state index is 0.117. The summed E-state index contributed by atoms with van der Waals surface area (Å²) in [5.74, 6) is 0.343. The van der Waals surface area contributed by atoms with Gasteiger partial charge in [-0.2, -0.15) is 0 Å². The van der Waals surface area contributed by atoms with Gasteiger partial charge < -0.3 is 5.32 Å². The first-order valence-corrected chi connectivity index (χ1v) is 9.81. The number of hydrogen-bond acceptors (Lipinski definition) is 2. The number of likely N-dealkylation sites (tertiary alicyclic amines) is 1. The summed E-state index contributed by atoms with van der Waals surface area (Å²) in [7, 11) is 0. The topological polar surface area (TPSA) is 32.3 Å². The second-order valence-electron chi connectivity index (χ2n) is 7.49. The van der Waals surface area contributed by atoms with Crippen LogP contribution in [-0.4, -0.2) is 29.9 Å². The lowest BCUT2D eigenvalue weighted by atomic mass is 9.96. The monoisotopic (exact) mass is 350 g/mol. The number of rotatable bonds is 7. The van der Waals surface area contributed by atoms with Crippen LogP contribution in [-0.2, 0) is 17.8 Å². The third-order valence-corrected chi connectivity index (χ3v) is 5.22. The van der Waals surface area contributed by atoms with Crippen molar-refractivity contribution >= 4 is 5.91 Å². The number of piperidine rings is 1. The highest BCUT2D eigenvalue weighted by atomic mass is 16.2. The molecule has 2 atom stereocenters. The van der Waals surface area contributed by atoms with E-state index in [1.807, 2.05) is 12.1 Å². The highest BCUT2D eigenvalue weighted by Crippen LogP contribution is 2.19. The molecular formula is C23H30N2O. The predicted octanol–water partition coefficient (Wildman–Crippen LogP) is 4.04. The molecule has 1 fully saturated rings. The van der Waals surface area contributed by atoms with Gasteiger partial charge in [-0.05, 0) is 50.3 Å². The van der Waals surface area contributed by atoms with Crippen LogP contribution in [0.4, 0.5) is 0 Å². The van der Waals surface area contributed by atoms with E-state index in [4.69, 9.17) is 0 Å². The number of nitrogens with one attached hydrogen (secondary N) is 1. The lowest BCUT2D eigenvalue weighted by molar-refractivity contribution is -0.127. The van der Waals surface area contributed by atoms with Gasteiger partial charge in [0.15, 0.2) is 0 Å². The van der Waals surface area contributed by atoms with E-state index < -0.39 is 0 Å². The van der Waals surface area contributed by atoms with Gasteiger partial charge in [-0.3, -0.25) is 9.69 Å². The summed E-state index contributed by atoms with van der Waals surface area (Å²) in [6.07, 6.45) is 4.09. The van der Waals surface area contributed by atoms with Crippen LogP contribution in [0.3, 0.4) is 0 Å². The fourth-order valence-electron chi connectivity index (χ4n) is 3.72. The van der Waals surface area contributed by atoms with Crippen molar-refractivity contribution in [3.05, 3.63) is 71.8 Å². The van der Waals surface area contributed by atoms with Gasteiger partial charge in [-0.25, -0.2) is 0 Å². The van der Waals surface area contributed by atoms with Crippen LogP contribution in [0.5, 0.6) is 0 Å². The molecule has 1 amide bonds. The third kappa shape index (κ3) is 5.70. The Kier molecular flexibility index (Phi) is 6.84. The maximum absolute atomic E-state index is 12.7. The Balaban J connectivity index is 1.44. The van der Waals surface area contributed by atoms with E-state index in [2.05, 4.69) is 65.7 Å². The van der Waals surface area contributed by atoms with Gasteiger partial charge in [-0.1, -0.05) is 60.7 Å². The van der Waals surface area contributed by atoms with Gasteiger partial charge in [0.1, 0.15) is 0 Å². The van der Waals surface area contributed by atoms with E-state index >= 15 is 0 Å². The smallest absolute Gasteiger partial charge is 0.224 e. The molecule has 0 bridgehead atoms. The molecule has 0 radical (unpaired) electrons. The molecular weight excluding hydrogens is 320 g/mol. The Hall–Kier alpha value is -2.13. The maximum Gasteiger partial charge on any atom is 0.224 e. The van der Waals surface area contributed by atoms with Crippen LogP contribution in [0.15, 0.2) is 60.7 Å². The summed E-state index contributed by atoms with van der Waals surface area (Å²) < 4.78 is 0. The number of benzene rings is 2. The molecule has 3 heteroatoms. The first-order valence-electron chi connectivity index (χ1n) is 9.81. The zero-order valence-electron chi connectivity index (χ0n) is 15.7. The summed E-state index contributed by atoms with van der Waals surface area (Å²) in [4.78, 5) is 15.1. The molecule has 1 N–H and O–H groups in total. The van der Waals surface area contributed by atoms with E-state index in [-0.39, 0.29) is 17.9 Å². The highest BCUT2D eigenvalue weighted by molar-refractivity contribution is 5.79. The van der Waals surface area contributed by atoms with Crippen LogP contribution >= 0.6 is 0 Å². The van der Waals surface area contributed by atoms with Crippen LogP contribution in [0.1, 0.15) is 37.3 Å². The quantitative estimate of drug-likeness (QED) is 0.817. The summed E-state index contributed by atoms with van der Waals surface area (Å²) in [6.45, 7) is 5.01. The zero-order chi connectivity index (χ0) is 18.2. The van der Waals surface area contributed by atoms with Crippen molar-refractivity contribution < 1.29 is 4.79 Å². The third-order valence-electron chi connectivity index (χ3n) is 5.22. The van der Waals surface area contributed by atoms with Gasteiger partial charge >= 0.3 is 0 Å². The van der Waals surface area contributed by atoms with Crippen molar-refractivity contribution in [3.8, 4) is 0 Å². The minimum atomic E-state index is 0.117. The average molecular weight is 351 g/mol. The molecule has 0 saturated carbocycles. The molecule has 3 rings (SSSR count). The summed E-state index contributed by atoms with van der Waals surface area (Å²) in [6, 6.07) is 21.2. The van der Waals surface area contributed by atoms with Crippen LogP contribution in [0.25, 0.3) is 0 Å². The second kappa shape index (κ2) is 9.54. The lowest BCUT2D eigenvalue weighted by Gasteiger charge is -2.32. The summed E-state index contributed by atoms with van der Waals surface area (Å²) in [5.41, 5.74) is 2.66. The lowest BCUT2D eigenvalue weighted by Crippen LogP contribution is -2.45.